The number of anilines is 2. The Bertz CT molecular complexity index is 1190. The van der Waals surface area contributed by atoms with Gasteiger partial charge in [0.25, 0.3) is 5.91 Å². The van der Waals surface area contributed by atoms with E-state index in [1.807, 2.05) is 18.4 Å². The SMILES string of the molecule is CCCOc1ccc(C(=O)Nc2scc(-c3ccc4c(c3)CCCC4)c2C(=O)OC)cc1N. The van der Waals surface area contributed by atoms with Gasteiger partial charge >= 0.3 is 5.97 Å². The van der Waals surface area contributed by atoms with Crippen LogP contribution in [0.3, 0.4) is 0 Å². The molecule has 0 fully saturated rings. The van der Waals surface area contributed by atoms with Crippen molar-refractivity contribution in [3.8, 4) is 16.9 Å². The second-order valence-electron chi connectivity index (χ2n) is 8.09. The Morgan fingerprint density at radius 1 is 1.09 bits per heavy atom. The van der Waals surface area contributed by atoms with Crippen LogP contribution in [0.5, 0.6) is 5.75 Å². The lowest BCUT2D eigenvalue weighted by Gasteiger charge is -2.16. The van der Waals surface area contributed by atoms with Crippen molar-refractivity contribution in [2.24, 2.45) is 0 Å². The van der Waals surface area contributed by atoms with Gasteiger partial charge in [-0.15, -0.1) is 11.3 Å². The van der Waals surface area contributed by atoms with Crippen molar-refractivity contribution in [2.75, 3.05) is 24.8 Å². The van der Waals surface area contributed by atoms with Gasteiger partial charge in [0.2, 0.25) is 0 Å². The van der Waals surface area contributed by atoms with E-state index in [0.717, 1.165) is 30.4 Å². The molecule has 0 aliphatic heterocycles. The van der Waals surface area contributed by atoms with Crippen molar-refractivity contribution >= 4 is 33.9 Å². The van der Waals surface area contributed by atoms with Crippen LogP contribution >= 0.6 is 11.3 Å². The Balaban J connectivity index is 1.62. The molecule has 1 aromatic heterocycles. The van der Waals surface area contributed by atoms with Gasteiger partial charge in [0.05, 0.1) is 19.4 Å². The highest BCUT2D eigenvalue weighted by atomic mass is 32.1. The van der Waals surface area contributed by atoms with Crippen LogP contribution in [-0.2, 0) is 17.6 Å². The molecule has 0 saturated heterocycles. The molecule has 7 heteroatoms. The van der Waals surface area contributed by atoms with E-state index in [1.165, 1.54) is 42.4 Å². The van der Waals surface area contributed by atoms with Crippen molar-refractivity contribution in [2.45, 2.75) is 39.0 Å². The molecule has 172 valence electrons. The Morgan fingerprint density at radius 2 is 1.88 bits per heavy atom. The van der Waals surface area contributed by atoms with Crippen LogP contribution in [-0.4, -0.2) is 25.6 Å². The molecule has 1 aliphatic carbocycles. The van der Waals surface area contributed by atoms with E-state index in [9.17, 15) is 9.59 Å². The summed E-state index contributed by atoms with van der Waals surface area (Å²) in [6.45, 7) is 2.56. The molecule has 1 amide bonds. The molecule has 0 unspecified atom stereocenters. The zero-order valence-corrected chi connectivity index (χ0v) is 19.7. The highest BCUT2D eigenvalue weighted by molar-refractivity contribution is 7.15. The van der Waals surface area contributed by atoms with Gasteiger partial charge < -0.3 is 20.5 Å². The number of nitrogens with one attached hydrogen (secondary N) is 1. The zero-order valence-electron chi connectivity index (χ0n) is 18.9. The topological polar surface area (TPSA) is 90.6 Å². The first-order chi connectivity index (χ1) is 16.0. The molecule has 33 heavy (non-hydrogen) atoms. The number of hydrogen-bond acceptors (Lipinski definition) is 6. The first-order valence-electron chi connectivity index (χ1n) is 11.2. The van der Waals surface area contributed by atoms with Gasteiger partial charge in [-0.25, -0.2) is 4.79 Å². The van der Waals surface area contributed by atoms with Crippen LogP contribution in [0.15, 0.2) is 41.8 Å². The number of ether oxygens (including phenoxy) is 2. The molecule has 0 radical (unpaired) electrons. The standard InChI is InChI=1S/C26H28N2O4S/c1-3-12-32-22-11-10-19(14-21(22)27)24(29)28-25-23(26(30)31-2)20(15-33-25)18-9-8-16-6-4-5-7-17(16)13-18/h8-11,13-15H,3-7,12,27H2,1-2H3,(H,28,29). The smallest absolute Gasteiger partial charge is 0.341 e. The van der Waals surface area contributed by atoms with Crippen molar-refractivity contribution in [1.82, 2.24) is 0 Å². The number of nitrogen functional groups attached to an aromatic ring is 1. The van der Waals surface area contributed by atoms with Crippen LogP contribution in [0.2, 0.25) is 0 Å². The van der Waals surface area contributed by atoms with Crippen molar-refractivity contribution in [3.05, 3.63) is 64.0 Å². The molecule has 3 aromatic rings. The normalized spacial score (nSPS) is 12.7. The molecule has 3 N–H and O–H groups in total. The van der Waals surface area contributed by atoms with Gasteiger partial charge in [-0.2, -0.15) is 0 Å². The predicted octanol–water partition coefficient (Wildman–Crippen LogP) is 5.70. The van der Waals surface area contributed by atoms with Gasteiger partial charge in [-0.05, 0) is 67.0 Å². The average molecular weight is 465 g/mol. The largest absolute Gasteiger partial charge is 0.491 e. The predicted molar refractivity (Wildman–Crippen MR) is 132 cm³/mol. The quantitative estimate of drug-likeness (QED) is 0.346. The van der Waals surface area contributed by atoms with Crippen LogP contribution in [0.1, 0.15) is 58.0 Å². The van der Waals surface area contributed by atoms with Gasteiger partial charge in [-0.1, -0.05) is 25.1 Å². The Hall–Kier alpha value is -3.32. The number of carbonyl (C=O) groups is 2. The Labute approximate surface area is 197 Å². The Morgan fingerprint density at radius 3 is 2.61 bits per heavy atom. The lowest BCUT2D eigenvalue weighted by atomic mass is 9.89. The summed E-state index contributed by atoms with van der Waals surface area (Å²) >= 11 is 1.30. The third kappa shape index (κ3) is 4.88. The monoisotopic (exact) mass is 464 g/mol. The molecule has 2 aromatic carbocycles. The molecule has 4 rings (SSSR count). The molecule has 0 atom stereocenters. The lowest BCUT2D eigenvalue weighted by molar-refractivity contribution is 0.0603. The maximum Gasteiger partial charge on any atom is 0.341 e. The number of aryl methyl sites for hydroxylation is 2. The fourth-order valence-electron chi connectivity index (χ4n) is 4.08. The average Bonchev–Trinajstić information content (AvgIpc) is 3.25. The van der Waals surface area contributed by atoms with Crippen molar-refractivity contribution in [3.63, 3.8) is 0 Å². The van der Waals surface area contributed by atoms with Gasteiger partial charge in [0, 0.05) is 16.5 Å². The summed E-state index contributed by atoms with van der Waals surface area (Å²) in [4.78, 5) is 25.6. The van der Waals surface area contributed by atoms with E-state index in [0.29, 0.717) is 34.2 Å². The molecule has 6 nitrogen and oxygen atoms in total. The molecular formula is C26H28N2O4S. The lowest BCUT2D eigenvalue weighted by Crippen LogP contribution is -2.14. The van der Waals surface area contributed by atoms with E-state index < -0.39 is 5.97 Å². The highest BCUT2D eigenvalue weighted by Gasteiger charge is 2.24. The molecular weight excluding hydrogens is 436 g/mol. The summed E-state index contributed by atoms with van der Waals surface area (Å²) in [5, 5.41) is 5.21. The van der Waals surface area contributed by atoms with Crippen LogP contribution in [0, 0.1) is 0 Å². The first-order valence-corrected chi connectivity index (χ1v) is 12.1. The summed E-state index contributed by atoms with van der Waals surface area (Å²) in [7, 11) is 1.35. The second-order valence-corrected chi connectivity index (χ2v) is 8.97. The summed E-state index contributed by atoms with van der Waals surface area (Å²) in [5.74, 6) is -0.288. The van der Waals surface area contributed by atoms with Crippen molar-refractivity contribution in [1.29, 1.82) is 0 Å². The minimum Gasteiger partial charge on any atom is -0.491 e. The fraction of sp³-hybridized carbons (Fsp3) is 0.308. The molecule has 1 aliphatic rings. The highest BCUT2D eigenvalue weighted by Crippen LogP contribution is 2.38. The number of thiophene rings is 1. The third-order valence-electron chi connectivity index (χ3n) is 5.80. The summed E-state index contributed by atoms with van der Waals surface area (Å²) < 4.78 is 10.6. The minimum absolute atomic E-state index is 0.354. The molecule has 0 saturated carbocycles. The van der Waals surface area contributed by atoms with Gasteiger partial charge in [0.15, 0.2) is 0 Å². The van der Waals surface area contributed by atoms with Gasteiger partial charge in [0.1, 0.15) is 16.3 Å². The van der Waals surface area contributed by atoms with Gasteiger partial charge in [-0.3, -0.25) is 4.79 Å². The third-order valence-corrected chi connectivity index (χ3v) is 6.70. The van der Waals surface area contributed by atoms with Crippen molar-refractivity contribution < 1.29 is 19.1 Å². The summed E-state index contributed by atoms with van der Waals surface area (Å²) in [6, 6.07) is 11.3. The van der Waals surface area contributed by atoms with E-state index >= 15 is 0 Å². The number of esters is 1. The molecule has 1 heterocycles. The minimum atomic E-state index is -0.484. The number of nitrogens with two attached hydrogens (primary N) is 1. The number of carbonyl (C=O) groups excluding carboxylic acids is 2. The van der Waals surface area contributed by atoms with Crippen LogP contribution < -0.4 is 15.8 Å². The number of amides is 1. The number of benzene rings is 2. The number of fused-ring (bicyclic) bond motifs is 1. The molecule has 0 bridgehead atoms. The fourth-order valence-corrected chi connectivity index (χ4v) is 5.03. The first kappa shape index (κ1) is 22.9. The summed E-state index contributed by atoms with van der Waals surface area (Å²) in [5.41, 5.74) is 11.6. The van der Waals surface area contributed by atoms with E-state index in [4.69, 9.17) is 15.2 Å². The number of methoxy groups -OCH3 is 1. The molecule has 0 spiro atoms. The number of rotatable bonds is 7. The maximum atomic E-state index is 12.9. The van der Waals surface area contributed by atoms with E-state index in [-0.39, 0.29) is 5.91 Å². The van der Waals surface area contributed by atoms with Crippen LogP contribution in [0.4, 0.5) is 10.7 Å². The Kier molecular flexibility index (Phi) is 6.99. The maximum absolute atomic E-state index is 12.9. The van der Waals surface area contributed by atoms with E-state index in [2.05, 4.69) is 17.4 Å². The number of hydrogen-bond donors (Lipinski definition) is 2. The van der Waals surface area contributed by atoms with E-state index in [1.54, 1.807) is 18.2 Å². The van der Waals surface area contributed by atoms with Crippen LogP contribution in [0.25, 0.3) is 11.1 Å². The second kappa shape index (κ2) is 10.1. The summed E-state index contributed by atoms with van der Waals surface area (Å²) in [6.07, 6.45) is 5.39. The zero-order chi connectivity index (χ0) is 23.4.